The topological polar surface area (TPSA) is 66.2 Å². The lowest BCUT2D eigenvalue weighted by Gasteiger charge is -2.18. The number of fused-ring (bicyclic) bond motifs is 1. The van der Waals surface area contributed by atoms with Crippen molar-refractivity contribution in [3.63, 3.8) is 0 Å². The fourth-order valence-corrected chi connectivity index (χ4v) is 1.95. The van der Waals surface area contributed by atoms with Gasteiger partial charge in [-0.25, -0.2) is 14.8 Å². The van der Waals surface area contributed by atoms with Gasteiger partial charge in [-0.3, -0.25) is 4.84 Å². The normalized spacial score (nSPS) is 11.6. The van der Waals surface area contributed by atoms with Crippen LogP contribution in [-0.4, -0.2) is 26.5 Å². The van der Waals surface area contributed by atoms with Gasteiger partial charge in [-0.15, -0.1) is 0 Å². The zero-order valence-corrected chi connectivity index (χ0v) is 12.3. The van der Waals surface area contributed by atoms with Crippen molar-refractivity contribution in [2.24, 2.45) is 0 Å². The summed E-state index contributed by atoms with van der Waals surface area (Å²) >= 11 is 2.12. The fraction of sp³-hybridized carbons (Fsp3) is 0.364. The molecule has 2 heterocycles. The zero-order chi connectivity index (χ0) is 13.3. The average Bonchev–Trinajstić information content (AvgIpc) is 2.54. The van der Waals surface area contributed by atoms with Crippen LogP contribution in [0, 0.1) is 3.57 Å². The minimum atomic E-state index is -0.769. The van der Waals surface area contributed by atoms with Crippen LogP contribution in [-0.2, 0) is 4.74 Å². The maximum Gasteiger partial charge on any atom is 0.534 e. The van der Waals surface area contributed by atoms with Gasteiger partial charge >= 0.3 is 6.16 Å². The van der Waals surface area contributed by atoms with Crippen molar-refractivity contribution in [3.05, 3.63) is 22.3 Å². The quantitative estimate of drug-likeness (QED) is 0.577. The van der Waals surface area contributed by atoms with Crippen molar-refractivity contribution in [2.75, 3.05) is 0 Å². The lowest BCUT2D eigenvalue weighted by molar-refractivity contribution is -0.00903. The van der Waals surface area contributed by atoms with Crippen LogP contribution in [0.4, 0.5) is 4.79 Å². The highest BCUT2D eigenvalue weighted by Gasteiger charge is 2.19. The third-order valence-electron chi connectivity index (χ3n) is 1.95. The molecule has 0 aromatic carbocycles. The second kappa shape index (κ2) is 4.71. The first-order valence-electron chi connectivity index (χ1n) is 5.25. The van der Waals surface area contributed by atoms with E-state index in [-0.39, 0.29) is 0 Å². The van der Waals surface area contributed by atoms with Crippen LogP contribution in [0.1, 0.15) is 20.8 Å². The summed E-state index contributed by atoms with van der Waals surface area (Å²) in [5.41, 5.74) is -0.0670. The summed E-state index contributed by atoms with van der Waals surface area (Å²) in [7, 11) is 0. The number of hydrogen-bond acceptors (Lipinski definition) is 5. The van der Waals surface area contributed by atoms with Crippen molar-refractivity contribution in [3.8, 4) is 0 Å². The summed E-state index contributed by atoms with van der Waals surface area (Å²) in [5, 5.41) is 0.821. The van der Waals surface area contributed by atoms with Crippen LogP contribution in [0.5, 0.6) is 0 Å². The Hall–Kier alpha value is -1.38. The molecule has 2 aromatic heterocycles. The van der Waals surface area contributed by atoms with Gasteiger partial charge in [0.1, 0.15) is 11.9 Å². The number of nitrogens with zero attached hydrogens (tertiary/aromatic N) is 3. The first kappa shape index (κ1) is 13.1. The number of aromatic nitrogens is 3. The van der Waals surface area contributed by atoms with Gasteiger partial charge in [0.2, 0.25) is 0 Å². The van der Waals surface area contributed by atoms with Gasteiger partial charge in [0.15, 0.2) is 5.65 Å². The lowest BCUT2D eigenvalue weighted by Crippen LogP contribution is -2.29. The van der Waals surface area contributed by atoms with Crippen molar-refractivity contribution in [1.29, 1.82) is 0 Å². The molecule has 0 unspecified atom stereocenters. The summed E-state index contributed by atoms with van der Waals surface area (Å²) in [6, 6.07) is 0. The maximum atomic E-state index is 11.6. The molecule has 0 fully saturated rings. The number of carbonyl (C=O) groups is 1. The first-order chi connectivity index (χ1) is 8.37. The third-order valence-corrected chi connectivity index (χ3v) is 2.81. The van der Waals surface area contributed by atoms with E-state index < -0.39 is 11.8 Å². The van der Waals surface area contributed by atoms with E-state index in [1.165, 1.54) is 11.1 Å². The van der Waals surface area contributed by atoms with Crippen LogP contribution in [0.3, 0.4) is 0 Å². The second-order valence-electron chi connectivity index (χ2n) is 4.62. The molecule has 0 atom stereocenters. The van der Waals surface area contributed by atoms with E-state index in [1.54, 1.807) is 33.2 Å². The Labute approximate surface area is 117 Å². The van der Waals surface area contributed by atoms with Crippen molar-refractivity contribution in [1.82, 2.24) is 14.7 Å². The van der Waals surface area contributed by atoms with Crippen molar-refractivity contribution < 1.29 is 14.4 Å². The van der Waals surface area contributed by atoms with Gasteiger partial charge in [0, 0.05) is 9.77 Å². The molecule has 7 heteroatoms. The summed E-state index contributed by atoms with van der Waals surface area (Å²) in [4.78, 5) is 24.6. The molecule has 0 spiro atoms. The molecular formula is C11H12IN3O3. The van der Waals surface area contributed by atoms with Crippen LogP contribution in [0.25, 0.3) is 11.0 Å². The first-order valence-corrected chi connectivity index (χ1v) is 6.32. The maximum absolute atomic E-state index is 11.6. The molecular weight excluding hydrogens is 349 g/mol. The highest BCUT2D eigenvalue weighted by molar-refractivity contribution is 14.1. The average molecular weight is 361 g/mol. The van der Waals surface area contributed by atoms with Gasteiger partial charge < -0.3 is 4.74 Å². The van der Waals surface area contributed by atoms with Crippen LogP contribution in [0.2, 0.25) is 0 Å². The zero-order valence-electron chi connectivity index (χ0n) is 10.2. The van der Waals surface area contributed by atoms with Gasteiger partial charge in [0.25, 0.3) is 0 Å². The largest absolute Gasteiger partial charge is 0.534 e. The number of hydrogen-bond donors (Lipinski definition) is 0. The molecule has 0 aliphatic rings. The SMILES string of the molecule is CC(C)(C)OC(=O)On1cc(I)c2cncnc21. The molecule has 0 aliphatic heterocycles. The van der Waals surface area contributed by atoms with E-state index in [0.29, 0.717) is 5.65 Å². The smallest absolute Gasteiger partial charge is 0.427 e. The molecule has 2 aromatic rings. The van der Waals surface area contributed by atoms with Gasteiger partial charge in [-0.1, -0.05) is 0 Å². The monoisotopic (exact) mass is 361 g/mol. The molecule has 18 heavy (non-hydrogen) atoms. The summed E-state index contributed by atoms with van der Waals surface area (Å²) in [6.07, 6.45) is 3.95. The minimum Gasteiger partial charge on any atom is -0.427 e. The highest BCUT2D eigenvalue weighted by Crippen LogP contribution is 2.19. The predicted molar refractivity (Wildman–Crippen MR) is 73.1 cm³/mol. The summed E-state index contributed by atoms with van der Waals surface area (Å²) in [5.74, 6) is 0. The second-order valence-corrected chi connectivity index (χ2v) is 5.78. The summed E-state index contributed by atoms with van der Waals surface area (Å²) < 4.78 is 7.25. The van der Waals surface area contributed by atoms with Crippen LogP contribution in [0.15, 0.2) is 18.7 Å². The van der Waals surface area contributed by atoms with E-state index >= 15 is 0 Å². The molecule has 0 amide bonds. The molecule has 0 radical (unpaired) electrons. The molecule has 2 rings (SSSR count). The number of halogens is 1. The van der Waals surface area contributed by atoms with E-state index in [4.69, 9.17) is 9.57 Å². The number of ether oxygens (including phenoxy) is 1. The molecule has 96 valence electrons. The number of rotatable bonds is 1. The number of carbonyl (C=O) groups excluding carboxylic acids is 1. The lowest BCUT2D eigenvalue weighted by atomic mass is 10.2. The van der Waals surface area contributed by atoms with E-state index in [9.17, 15) is 4.79 Å². The third kappa shape index (κ3) is 2.89. The molecule has 0 saturated heterocycles. The standard InChI is InChI=1S/C11H12IN3O3/c1-11(2,3)17-10(16)18-15-5-8(12)7-4-13-6-14-9(7)15/h4-6H,1-3H3. The highest BCUT2D eigenvalue weighted by atomic mass is 127. The molecule has 6 nitrogen and oxygen atoms in total. The molecule has 0 saturated carbocycles. The molecule has 0 bridgehead atoms. The molecule has 0 aliphatic carbocycles. The van der Waals surface area contributed by atoms with E-state index in [0.717, 1.165) is 8.96 Å². The Morgan fingerprint density at radius 2 is 2.17 bits per heavy atom. The van der Waals surface area contributed by atoms with E-state index in [2.05, 4.69) is 32.6 Å². The predicted octanol–water partition coefficient (Wildman–Crippen LogP) is 2.40. The van der Waals surface area contributed by atoms with Gasteiger partial charge in [-0.05, 0) is 43.4 Å². The Morgan fingerprint density at radius 1 is 1.44 bits per heavy atom. The Bertz CT molecular complexity index is 589. The minimum absolute atomic E-state index is 0.528. The van der Waals surface area contributed by atoms with Crippen LogP contribution >= 0.6 is 22.6 Å². The Balaban J connectivity index is 2.25. The van der Waals surface area contributed by atoms with Crippen LogP contribution < -0.4 is 4.84 Å². The van der Waals surface area contributed by atoms with Gasteiger partial charge in [-0.2, -0.15) is 4.73 Å². The Morgan fingerprint density at radius 3 is 2.83 bits per heavy atom. The Kier molecular flexibility index (Phi) is 3.42. The van der Waals surface area contributed by atoms with E-state index in [1.807, 2.05) is 0 Å². The summed E-state index contributed by atoms with van der Waals surface area (Å²) in [6.45, 7) is 5.32. The van der Waals surface area contributed by atoms with Crippen molar-refractivity contribution in [2.45, 2.75) is 26.4 Å². The molecule has 0 N–H and O–H groups in total. The van der Waals surface area contributed by atoms with Gasteiger partial charge in [0.05, 0.1) is 11.6 Å². The fourth-order valence-electron chi connectivity index (χ4n) is 1.32. The van der Waals surface area contributed by atoms with Crippen molar-refractivity contribution >= 4 is 39.8 Å².